The number of carbonyl (C=O) groups is 1. The van der Waals surface area contributed by atoms with Crippen LogP contribution in [0, 0.1) is 6.92 Å². The molecule has 136 valence electrons. The minimum atomic E-state index is -0.361. The lowest BCUT2D eigenvalue weighted by Crippen LogP contribution is -2.51. The first-order valence-corrected chi connectivity index (χ1v) is 9.25. The van der Waals surface area contributed by atoms with E-state index in [1.165, 1.54) is 0 Å². The maximum atomic E-state index is 12.7. The SMILES string of the molecule is Cc1ccc(C(=O)NC2N=Cc3ccn(C(C)(C)C)c3N2C2CC2)cc1. The summed E-state index contributed by atoms with van der Waals surface area (Å²) in [7, 11) is 0. The Hall–Kier alpha value is -2.56. The Kier molecular flexibility index (Phi) is 3.90. The fourth-order valence-electron chi connectivity index (χ4n) is 3.43. The summed E-state index contributed by atoms with van der Waals surface area (Å²) in [5.41, 5.74) is 2.90. The number of anilines is 1. The van der Waals surface area contributed by atoms with Gasteiger partial charge in [0.05, 0.1) is 0 Å². The van der Waals surface area contributed by atoms with Crippen LogP contribution in [-0.4, -0.2) is 29.0 Å². The Labute approximate surface area is 154 Å². The monoisotopic (exact) mass is 350 g/mol. The van der Waals surface area contributed by atoms with Crippen molar-refractivity contribution in [3.63, 3.8) is 0 Å². The summed E-state index contributed by atoms with van der Waals surface area (Å²) >= 11 is 0. The van der Waals surface area contributed by atoms with Crippen molar-refractivity contribution in [3.8, 4) is 0 Å². The van der Waals surface area contributed by atoms with Gasteiger partial charge in [-0.05, 0) is 58.7 Å². The molecule has 1 aliphatic heterocycles. The van der Waals surface area contributed by atoms with Crippen LogP contribution in [0.15, 0.2) is 41.5 Å². The molecule has 1 atom stereocenters. The van der Waals surface area contributed by atoms with Crippen LogP contribution < -0.4 is 10.2 Å². The van der Waals surface area contributed by atoms with E-state index in [-0.39, 0.29) is 17.7 Å². The predicted molar refractivity (Wildman–Crippen MR) is 105 cm³/mol. The first kappa shape index (κ1) is 16.9. The zero-order valence-corrected chi connectivity index (χ0v) is 15.9. The van der Waals surface area contributed by atoms with E-state index in [1.54, 1.807) is 0 Å². The lowest BCUT2D eigenvalue weighted by Gasteiger charge is -2.38. The summed E-state index contributed by atoms with van der Waals surface area (Å²) in [6.07, 6.45) is 5.93. The number of fused-ring (bicyclic) bond motifs is 1. The Morgan fingerprint density at radius 2 is 1.85 bits per heavy atom. The highest BCUT2D eigenvalue weighted by atomic mass is 16.2. The molecule has 0 radical (unpaired) electrons. The van der Waals surface area contributed by atoms with Gasteiger partial charge in [0.15, 0.2) is 6.29 Å². The van der Waals surface area contributed by atoms with Crippen molar-refractivity contribution in [2.75, 3.05) is 4.90 Å². The predicted octanol–water partition coefficient (Wildman–Crippen LogP) is 3.67. The zero-order chi connectivity index (χ0) is 18.5. The fraction of sp³-hybridized carbons (Fsp3) is 0.429. The van der Waals surface area contributed by atoms with Gasteiger partial charge in [-0.3, -0.25) is 4.79 Å². The first-order chi connectivity index (χ1) is 12.3. The average Bonchev–Trinajstić information content (AvgIpc) is 3.31. The molecular weight excluding hydrogens is 324 g/mol. The second-order valence-corrected chi connectivity index (χ2v) is 8.27. The van der Waals surface area contributed by atoms with Crippen LogP contribution in [0.25, 0.3) is 0 Å². The lowest BCUT2D eigenvalue weighted by atomic mass is 10.1. The molecule has 1 unspecified atom stereocenters. The van der Waals surface area contributed by atoms with Crippen molar-refractivity contribution in [3.05, 3.63) is 53.2 Å². The van der Waals surface area contributed by atoms with E-state index < -0.39 is 0 Å². The highest BCUT2D eigenvalue weighted by Gasteiger charge is 2.40. The summed E-state index contributed by atoms with van der Waals surface area (Å²) in [4.78, 5) is 19.7. The van der Waals surface area contributed by atoms with Gasteiger partial charge in [0.1, 0.15) is 5.82 Å². The van der Waals surface area contributed by atoms with Crippen LogP contribution in [0.3, 0.4) is 0 Å². The lowest BCUT2D eigenvalue weighted by molar-refractivity contribution is 0.0936. The highest BCUT2D eigenvalue weighted by molar-refractivity contribution is 5.96. The molecule has 5 nitrogen and oxygen atoms in total. The number of hydrogen-bond donors (Lipinski definition) is 1. The van der Waals surface area contributed by atoms with E-state index in [2.05, 4.69) is 52.8 Å². The topological polar surface area (TPSA) is 49.6 Å². The summed E-state index contributed by atoms with van der Waals surface area (Å²) in [6, 6.07) is 10.2. The van der Waals surface area contributed by atoms with Crippen LogP contribution in [0.5, 0.6) is 0 Å². The molecule has 1 fully saturated rings. The van der Waals surface area contributed by atoms with Crippen molar-refractivity contribution in [2.45, 2.75) is 58.4 Å². The molecule has 2 aliphatic rings. The summed E-state index contributed by atoms with van der Waals surface area (Å²) < 4.78 is 2.29. The molecule has 0 spiro atoms. The van der Waals surface area contributed by atoms with Crippen LogP contribution >= 0.6 is 0 Å². The van der Waals surface area contributed by atoms with Crippen molar-refractivity contribution in [1.82, 2.24) is 9.88 Å². The number of aryl methyl sites for hydroxylation is 1. The van der Waals surface area contributed by atoms with Crippen molar-refractivity contribution < 1.29 is 4.79 Å². The number of nitrogens with one attached hydrogen (secondary N) is 1. The second-order valence-electron chi connectivity index (χ2n) is 8.27. The molecule has 0 bridgehead atoms. The standard InChI is InChI=1S/C21H26N4O/c1-14-5-7-15(8-6-14)18(26)23-20-22-13-16-11-12-24(21(2,3)4)19(16)25(20)17-9-10-17/h5-8,11-13,17,20H,9-10H2,1-4H3,(H,23,26). The minimum absolute atomic E-state index is 0.0303. The van der Waals surface area contributed by atoms with E-state index >= 15 is 0 Å². The van der Waals surface area contributed by atoms with Gasteiger partial charge in [-0.2, -0.15) is 0 Å². The number of aliphatic imine (C=N–C) groups is 1. The molecule has 2 aromatic rings. The van der Waals surface area contributed by atoms with E-state index in [1.807, 2.05) is 37.4 Å². The van der Waals surface area contributed by atoms with Gasteiger partial charge in [-0.1, -0.05) is 17.7 Å². The first-order valence-electron chi connectivity index (χ1n) is 9.25. The van der Waals surface area contributed by atoms with E-state index in [9.17, 15) is 4.79 Å². The van der Waals surface area contributed by atoms with Crippen LogP contribution in [-0.2, 0) is 5.54 Å². The van der Waals surface area contributed by atoms with Gasteiger partial charge in [-0.25, -0.2) is 4.99 Å². The second kappa shape index (κ2) is 6.01. The smallest absolute Gasteiger partial charge is 0.254 e. The van der Waals surface area contributed by atoms with Crippen molar-refractivity contribution in [2.24, 2.45) is 4.99 Å². The Balaban J connectivity index is 1.64. The Bertz CT molecular complexity index is 853. The molecule has 5 heteroatoms. The molecule has 1 saturated carbocycles. The van der Waals surface area contributed by atoms with Gasteiger partial charge >= 0.3 is 0 Å². The molecule has 26 heavy (non-hydrogen) atoms. The zero-order valence-electron chi connectivity index (χ0n) is 15.9. The van der Waals surface area contributed by atoms with E-state index in [4.69, 9.17) is 0 Å². The van der Waals surface area contributed by atoms with E-state index in [0.717, 1.165) is 29.8 Å². The molecule has 2 heterocycles. The van der Waals surface area contributed by atoms with Crippen LogP contribution in [0.1, 0.15) is 55.1 Å². The number of carbonyl (C=O) groups excluding carboxylic acids is 1. The van der Waals surface area contributed by atoms with Gasteiger partial charge in [0.25, 0.3) is 5.91 Å². The minimum Gasteiger partial charge on any atom is -0.329 e. The number of nitrogens with zero attached hydrogens (tertiary/aromatic N) is 3. The Morgan fingerprint density at radius 3 is 2.46 bits per heavy atom. The third-order valence-corrected chi connectivity index (χ3v) is 4.99. The number of rotatable bonds is 3. The Morgan fingerprint density at radius 1 is 1.15 bits per heavy atom. The van der Waals surface area contributed by atoms with Crippen molar-refractivity contribution >= 4 is 17.9 Å². The maximum Gasteiger partial charge on any atom is 0.254 e. The summed E-state index contributed by atoms with van der Waals surface area (Å²) in [5, 5.41) is 3.11. The molecule has 1 N–H and O–H groups in total. The molecule has 1 aliphatic carbocycles. The molecule has 1 aromatic heterocycles. The molecular formula is C21H26N4O. The number of benzene rings is 1. The number of hydrogen-bond acceptors (Lipinski definition) is 3. The van der Waals surface area contributed by atoms with Crippen molar-refractivity contribution in [1.29, 1.82) is 0 Å². The molecule has 0 saturated heterocycles. The normalized spacial score (nSPS) is 19.4. The molecule has 1 amide bonds. The molecule has 4 rings (SSSR count). The van der Waals surface area contributed by atoms with Gasteiger partial charge in [0, 0.05) is 35.1 Å². The molecule has 1 aromatic carbocycles. The number of amides is 1. The highest BCUT2D eigenvalue weighted by Crippen LogP contribution is 2.39. The van der Waals surface area contributed by atoms with E-state index in [0.29, 0.717) is 11.6 Å². The largest absolute Gasteiger partial charge is 0.329 e. The summed E-state index contributed by atoms with van der Waals surface area (Å²) in [5.74, 6) is 1.07. The van der Waals surface area contributed by atoms with Gasteiger partial charge < -0.3 is 14.8 Å². The van der Waals surface area contributed by atoms with Gasteiger partial charge in [0.2, 0.25) is 0 Å². The third kappa shape index (κ3) is 3.02. The third-order valence-electron chi connectivity index (χ3n) is 4.99. The summed E-state index contributed by atoms with van der Waals surface area (Å²) in [6.45, 7) is 8.61. The van der Waals surface area contributed by atoms with Gasteiger partial charge in [-0.15, -0.1) is 0 Å². The van der Waals surface area contributed by atoms with Crippen LogP contribution in [0.2, 0.25) is 0 Å². The maximum absolute atomic E-state index is 12.7. The quantitative estimate of drug-likeness (QED) is 0.918. The van der Waals surface area contributed by atoms with Crippen LogP contribution in [0.4, 0.5) is 5.82 Å². The number of aromatic nitrogens is 1. The fourth-order valence-corrected chi connectivity index (χ4v) is 3.43. The average molecular weight is 350 g/mol.